The second-order valence-electron chi connectivity index (χ2n) is 15.8. The van der Waals surface area contributed by atoms with Gasteiger partial charge in [-0.25, -0.2) is 9.80 Å². The normalized spacial score (nSPS) is 14.8. The molecular weight excluding hydrogens is 841 g/mol. The summed E-state index contributed by atoms with van der Waals surface area (Å²) in [4.78, 5) is 107. The zero-order valence-electron chi connectivity index (χ0n) is 33.8. The van der Waals surface area contributed by atoms with Crippen LogP contribution in [0.1, 0.15) is 82.9 Å². The van der Waals surface area contributed by atoms with E-state index in [1.54, 1.807) is 48.5 Å². The third-order valence-corrected chi connectivity index (χ3v) is 12.2. The number of carbonyl (C=O) groups is 8. The van der Waals surface area contributed by atoms with Crippen molar-refractivity contribution in [1.29, 1.82) is 0 Å². The number of benzene rings is 8. The van der Waals surface area contributed by atoms with Crippen LogP contribution >= 0.6 is 0 Å². The fourth-order valence-electron chi connectivity index (χ4n) is 9.10. The van der Waals surface area contributed by atoms with Crippen molar-refractivity contribution in [3.8, 4) is 34.1 Å². The van der Waals surface area contributed by atoms with Gasteiger partial charge < -0.3 is 9.47 Å². The molecule has 0 saturated heterocycles. The lowest BCUT2D eigenvalue weighted by Gasteiger charge is -2.29. The van der Waals surface area contributed by atoms with Crippen LogP contribution in [-0.2, 0) is 0 Å². The van der Waals surface area contributed by atoms with Crippen LogP contribution in [0.5, 0.6) is 23.0 Å². The van der Waals surface area contributed by atoms with Crippen LogP contribution in [-0.4, -0.2) is 47.3 Å². The fourth-order valence-corrected chi connectivity index (χ4v) is 9.10. The number of imide groups is 4. The Bertz CT molecular complexity index is 3240. The summed E-state index contributed by atoms with van der Waals surface area (Å²) in [6, 6.07) is 39.9. The van der Waals surface area contributed by atoms with Crippen molar-refractivity contribution in [2.75, 3.05) is 9.80 Å². The molecule has 14 nitrogen and oxygen atoms in total. The molecule has 8 aromatic rings. The Morgan fingerprint density at radius 2 is 0.500 bits per heavy atom. The predicted molar refractivity (Wildman–Crippen MR) is 239 cm³/mol. The largest absolute Gasteiger partial charge is 0.457 e. The van der Waals surface area contributed by atoms with E-state index in [-0.39, 0.29) is 44.5 Å². The number of nitrogens with zero attached hydrogens (tertiary/aromatic N) is 2. The number of rotatable bonds is 7. The Morgan fingerprint density at radius 3 is 0.773 bits per heavy atom. The highest BCUT2D eigenvalue weighted by molar-refractivity contribution is 6.40. The highest BCUT2D eigenvalue weighted by Gasteiger charge is 2.39. The van der Waals surface area contributed by atoms with E-state index in [2.05, 4.69) is 10.6 Å². The highest BCUT2D eigenvalue weighted by Crippen LogP contribution is 2.40. The van der Waals surface area contributed by atoms with Crippen LogP contribution in [0.25, 0.3) is 32.7 Å². The average Bonchev–Trinajstić information content (AvgIpc) is 3.32. The van der Waals surface area contributed by atoms with Gasteiger partial charge in [-0.1, -0.05) is 24.3 Å². The molecule has 0 radical (unpaired) electrons. The molecule has 4 heterocycles. The van der Waals surface area contributed by atoms with E-state index in [4.69, 9.17) is 9.47 Å². The van der Waals surface area contributed by atoms with E-state index in [0.717, 1.165) is 20.9 Å². The molecule has 0 saturated carbocycles. The van der Waals surface area contributed by atoms with Gasteiger partial charge in [0.25, 0.3) is 47.3 Å². The van der Waals surface area contributed by atoms with Gasteiger partial charge in [-0.05, 0) is 132 Å². The second-order valence-corrected chi connectivity index (χ2v) is 15.8. The van der Waals surface area contributed by atoms with Crippen LogP contribution in [0.2, 0.25) is 0 Å². The number of carbonyl (C=O) groups excluding carboxylic acids is 8. The maximum Gasteiger partial charge on any atom is 0.265 e. The van der Waals surface area contributed by atoms with Crippen LogP contribution in [0, 0.1) is 0 Å². The van der Waals surface area contributed by atoms with Gasteiger partial charge in [0.15, 0.2) is 0 Å². The predicted octanol–water partition coefficient (Wildman–Crippen LogP) is 8.61. The van der Waals surface area contributed by atoms with Crippen molar-refractivity contribution in [2.45, 2.75) is 0 Å². The maximum atomic E-state index is 13.7. The lowest BCUT2D eigenvalue weighted by Crippen LogP contribution is -2.42. The van der Waals surface area contributed by atoms with Gasteiger partial charge in [-0.2, -0.15) is 0 Å². The second kappa shape index (κ2) is 14.0. The first-order valence-corrected chi connectivity index (χ1v) is 20.5. The standard InChI is InChI=1S/C52H26N4O10/c57-45-33-17-21-37-43-38(22-18-34(41(33)43)46(58)53-45)50(62)55(49(37)61)27-5-13-31(14-6-27)65-29-9-1-25(2-10-29)26-3-11-30(12-4-26)66-32-15-7-28(8-16-32)56-51(63)39-23-19-35-42-36(48(60)54-47(35)59)20-24-40(44(39)42)52(56)64/h1-24H,(H,53,57,58)(H,54,59,60). The first-order valence-electron chi connectivity index (χ1n) is 20.5. The van der Waals surface area contributed by atoms with E-state index in [1.165, 1.54) is 48.5 Å². The monoisotopic (exact) mass is 866 g/mol. The third kappa shape index (κ3) is 5.61. The maximum absolute atomic E-state index is 13.7. The van der Waals surface area contributed by atoms with Crippen molar-refractivity contribution in [2.24, 2.45) is 0 Å². The lowest BCUT2D eigenvalue weighted by atomic mass is 9.86. The van der Waals surface area contributed by atoms with E-state index in [9.17, 15) is 38.4 Å². The van der Waals surface area contributed by atoms with Gasteiger partial charge in [0.2, 0.25) is 0 Å². The van der Waals surface area contributed by atoms with Gasteiger partial charge in [0.05, 0.1) is 11.4 Å². The molecule has 4 aliphatic rings. The van der Waals surface area contributed by atoms with E-state index in [0.29, 0.717) is 55.9 Å². The first kappa shape index (κ1) is 38.1. The third-order valence-electron chi connectivity index (χ3n) is 12.2. The van der Waals surface area contributed by atoms with Gasteiger partial charge >= 0.3 is 0 Å². The van der Waals surface area contributed by atoms with E-state index in [1.807, 2.05) is 48.5 Å². The molecule has 8 aromatic carbocycles. The quantitative estimate of drug-likeness (QED) is 0.147. The minimum atomic E-state index is -0.584. The minimum Gasteiger partial charge on any atom is -0.457 e. The van der Waals surface area contributed by atoms with Gasteiger partial charge in [-0.15, -0.1) is 0 Å². The molecule has 0 atom stereocenters. The number of hydrogen-bond acceptors (Lipinski definition) is 10. The van der Waals surface area contributed by atoms with Crippen molar-refractivity contribution >= 4 is 80.2 Å². The minimum absolute atomic E-state index is 0.213. The zero-order valence-corrected chi connectivity index (χ0v) is 33.8. The Kier molecular flexibility index (Phi) is 8.07. The SMILES string of the molecule is O=C1NC(=O)c2ccc3c4c(ccc1c24)C(=O)N(c1ccc(Oc2ccc(-c4ccc(Oc5ccc(N6C(=O)c7ccc8c9c(ccc(c79)C6=O)C(=O)NC8=O)cc5)cc4)cc2)cc1)C3=O. The number of hydrogen-bond donors (Lipinski definition) is 2. The molecular formula is C52H26N4O10. The Labute approximate surface area is 371 Å². The summed E-state index contributed by atoms with van der Waals surface area (Å²) in [5.74, 6) is -2.60. The molecule has 314 valence electrons. The summed E-state index contributed by atoms with van der Waals surface area (Å²) in [5.41, 5.74) is 4.23. The van der Waals surface area contributed by atoms with Crippen molar-refractivity contribution < 1.29 is 47.8 Å². The molecule has 0 aromatic heterocycles. The summed E-state index contributed by atoms with van der Waals surface area (Å²) < 4.78 is 12.2. The number of nitrogens with one attached hydrogen (secondary N) is 2. The smallest absolute Gasteiger partial charge is 0.265 e. The van der Waals surface area contributed by atoms with Crippen LogP contribution in [0.3, 0.4) is 0 Å². The summed E-state index contributed by atoms with van der Waals surface area (Å²) in [5, 5.41) is 5.76. The molecule has 2 N–H and O–H groups in total. The average molecular weight is 867 g/mol. The van der Waals surface area contributed by atoms with Gasteiger partial charge in [0.1, 0.15) is 23.0 Å². The molecule has 12 rings (SSSR count). The summed E-state index contributed by atoms with van der Waals surface area (Å²) >= 11 is 0. The summed E-state index contributed by atoms with van der Waals surface area (Å²) in [6.45, 7) is 0. The van der Waals surface area contributed by atoms with E-state index >= 15 is 0 Å². The lowest BCUT2D eigenvalue weighted by molar-refractivity contribution is 0.0828. The van der Waals surface area contributed by atoms with Crippen molar-refractivity contribution in [1.82, 2.24) is 10.6 Å². The Balaban J connectivity index is 0.705. The molecule has 0 spiro atoms. The number of anilines is 2. The van der Waals surface area contributed by atoms with Crippen LogP contribution in [0.4, 0.5) is 11.4 Å². The van der Waals surface area contributed by atoms with Crippen LogP contribution in [0.15, 0.2) is 146 Å². The summed E-state index contributed by atoms with van der Waals surface area (Å²) in [6.07, 6.45) is 0. The molecule has 0 fully saturated rings. The molecule has 4 aliphatic heterocycles. The molecule has 8 amide bonds. The molecule has 0 aliphatic carbocycles. The number of amides is 8. The molecule has 0 bridgehead atoms. The van der Waals surface area contributed by atoms with Crippen molar-refractivity contribution in [3.05, 3.63) is 190 Å². The van der Waals surface area contributed by atoms with Gasteiger partial charge in [0, 0.05) is 66.1 Å². The molecule has 0 unspecified atom stereocenters. The fraction of sp³-hybridized carbons (Fsp3) is 0. The molecule has 14 heteroatoms. The Morgan fingerprint density at radius 1 is 0.273 bits per heavy atom. The van der Waals surface area contributed by atoms with Gasteiger partial charge in [-0.3, -0.25) is 49.0 Å². The van der Waals surface area contributed by atoms with Crippen molar-refractivity contribution in [3.63, 3.8) is 0 Å². The number of ether oxygens (including phenoxy) is 2. The molecule has 66 heavy (non-hydrogen) atoms. The Hall–Kier alpha value is -9.56. The highest BCUT2D eigenvalue weighted by atomic mass is 16.5. The summed E-state index contributed by atoms with van der Waals surface area (Å²) in [7, 11) is 0. The zero-order chi connectivity index (χ0) is 45.1. The topological polar surface area (TPSA) is 186 Å². The van der Waals surface area contributed by atoms with Crippen LogP contribution < -0.4 is 29.9 Å². The van der Waals surface area contributed by atoms with E-state index < -0.39 is 47.3 Å². The first-order chi connectivity index (χ1) is 32.0.